The highest BCUT2D eigenvalue weighted by Gasteiger charge is 2.22. The highest BCUT2D eigenvalue weighted by Crippen LogP contribution is 2.27. The van der Waals surface area contributed by atoms with Crippen LogP contribution in [0.1, 0.15) is 50.9 Å². The molecule has 1 aromatic carbocycles. The molecule has 0 bridgehead atoms. The summed E-state index contributed by atoms with van der Waals surface area (Å²) in [6.07, 6.45) is 1.82. The van der Waals surface area contributed by atoms with Crippen molar-refractivity contribution in [1.82, 2.24) is 10.3 Å². The van der Waals surface area contributed by atoms with Gasteiger partial charge in [0, 0.05) is 5.41 Å². The molecule has 0 aliphatic rings. The Bertz CT molecular complexity index is 825. The third-order valence-electron chi connectivity index (χ3n) is 3.48. The van der Waals surface area contributed by atoms with Gasteiger partial charge in [-0.05, 0) is 36.8 Å². The molecule has 1 heterocycles. The van der Waals surface area contributed by atoms with E-state index in [1.165, 1.54) is 11.3 Å². The van der Waals surface area contributed by atoms with Gasteiger partial charge in [-0.15, -0.1) is 0 Å². The Kier molecular flexibility index (Phi) is 6.66. The molecule has 6 nitrogen and oxygen atoms in total. The maximum Gasteiger partial charge on any atom is 0.338 e. The van der Waals surface area contributed by atoms with Crippen molar-refractivity contribution < 1.29 is 14.3 Å². The van der Waals surface area contributed by atoms with Crippen LogP contribution in [0.5, 0.6) is 0 Å². The summed E-state index contributed by atoms with van der Waals surface area (Å²) >= 11 is 6.51. The number of ether oxygens (including phenoxy) is 1. The van der Waals surface area contributed by atoms with Crippen LogP contribution in [0.15, 0.2) is 18.2 Å². The zero-order valence-electron chi connectivity index (χ0n) is 15.3. The van der Waals surface area contributed by atoms with Crippen molar-refractivity contribution in [3.8, 4) is 0 Å². The number of hydrogen-bond acceptors (Lipinski definition) is 6. The molecule has 0 atom stereocenters. The number of carbonyl (C=O) groups is 2. The number of amides is 1. The van der Waals surface area contributed by atoms with Crippen LogP contribution in [0.4, 0.5) is 5.13 Å². The van der Waals surface area contributed by atoms with Crippen LogP contribution in [0.25, 0.3) is 10.2 Å². The summed E-state index contributed by atoms with van der Waals surface area (Å²) in [5, 5.41) is 6.31. The summed E-state index contributed by atoms with van der Waals surface area (Å²) in [5.41, 5.74) is 0.701. The van der Waals surface area contributed by atoms with E-state index >= 15 is 0 Å². The molecule has 0 spiro atoms. The van der Waals surface area contributed by atoms with E-state index in [9.17, 15) is 9.59 Å². The van der Waals surface area contributed by atoms with Crippen molar-refractivity contribution in [2.75, 3.05) is 11.9 Å². The Morgan fingerprint density at radius 3 is 2.69 bits per heavy atom. The second kappa shape index (κ2) is 8.55. The molecule has 0 saturated heterocycles. The van der Waals surface area contributed by atoms with Gasteiger partial charge >= 0.3 is 5.97 Å². The van der Waals surface area contributed by atoms with E-state index in [1.807, 2.05) is 27.7 Å². The number of rotatable bonds is 5. The lowest BCUT2D eigenvalue weighted by Crippen LogP contribution is -2.41. The van der Waals surface area contributed by atoms with Crippen LogP contribution in [-0.2, 0) is 9.53 Å². The van der Waals surface area contributed by atoms with Gasteiger partial charge in [0.15, 0.2) is 10.2 Å². The Morgan fingerprint density at radius 1 is 1.31 bits per heavy atom. The molecular formula is C18H23N3O3S2. The summed E-state index contributed by atoms with van der Waals surface area (Å²) in [6, 6.07) is 5.22. The van der Waals surface area contributed by atoms with Crippen LogP contribution < -0.4 is 10.6 Å². The minimum absolute atomic E-state index is 0.173. The molecule has 0 radical (unpaired) electrons. The predicted molar refractivity (Wildman–Crippen MR) is 109 cm³/mol. The minimum atomic E-state index is -0.535. The van der Waals surface area contributed by atoms with Gasteiger partial charge in [0.2, 0.25) is 5.91 Å². The number of aromatic nitrogens is 1. The van der Waals surface area contributed by atoms with Crippen molar-refractivity contribution in [2.24, 2.45) is 5.41 Å². The number of thiazole rings is 1. The Morgan fingerprint density at radius 2 is 2.04 bits per heavy atom. The number of nitrogens with zero attached hydrogens (tertiary/aromatic N) is 1. The van der Waals surface area contributed by atoms with Gasteiger partial charge in [0.25, 0.3) is 0 Å². The molecule has 1 amide bonds. The zero-order valence-corrected chi connectivity index (χ0v) is 17.0. The highest BCUT2D eigenvalue weighted by atomic mass is 32.1. The molecule has 1 aromatic heterocycles. The van der Waals surface area contributed by atoms with Gasteiger partial charge in [-0.1, -0.05) is 45.5 Å². The largest absolute Gasteiger partial charge is 0.462 e. The molecule has 2 N–H and O–H groups in total. The Labute approximate surface area is 162 Å². The lowest BCUT2D eigenvalue weighted by Gasteiger charge is -2.17. The monoisotopic (exact) mass is 393 g/mol. The van der Waals surface area contributed by atoms with Gasteiger partial charge < -0.3 is 15.4 Å². The average Bonchev–Trinajstić information content (AvgIpc) is 2.94. The van der Waals surface area contributed by atoms with Gasteiger partial charge in [-0.25, -0.2) is 9.78 Å². The molecule has 0 aliphatic heterocycles. The van der Waals surface area contributed by atoms with E-state index < -0.39 is 5.41 Å². The third kappa shape index (κ3) is 5.47. The number of hydrogen-bond donors (Lipinski definition) is 2. The minimum Gasteiger partial charge on any atom is -0.462 e. The number of carbonyl (C=O) groups excluding carboxylic acids is 2. The number of thiocarbonyl (C=S) groups is 1. The molecule has 2 aromatic rings. The van der Waals surface area contributed by atoms with Gasteiger partial charge in [0.05, 0.1) is 22.4 Å². The van der Waals surface area contributed by atoms with E-state index in [0.29, 0.717) is 17.3 Å². The van der Waals surface area contributed by atoms with E-state index in [1.54, 1.807) is 18.2 Å². The molecular weight excluding hydrogens is 370 g/mol. The third-order valence-corrected chi connectivity index (χ3v) is 4.62. The fourth-order valence-corrected chi connectivity index (χ4v) is 3.08. The second-order valence-corrected chi connectivity index (χ2v) is 8.29. The number of esters is 1. The van der Waals surface area contributed by atoms with Crippen molar-refractivity contribution in [1.29, 1.82) is 0 Å². The lowest BCUT2D eigenvalue weighted by atomic mass is 9.96. The fraction of sp³-hybridized carbons (Fsp3) is 0.444. The van der Waals surface area contributed by atoms with Crippen molar-refractivity contribution in [3.63, 3.8) is 0 Å². The first kappa shape index (κ1) is 20.3. The van der Waals surface area contributed by atoms with Gasteiger partial charge in [-0.2, -0.15) is 0 Å². The molecule has 2 rings (SSSR count). The number of unbranched alkanes of at least 4 members (excludes halogenated alkanes) is 1. The standard InChI is InChI=1S/C18H23N3O3S2/c1-5-6-9-24-14(22)11-7-8-12-13(10-11)26-17(19-12)21-16(25)20-15(23)18(2,3)4/h7-8,10H,5-6,9H2,1-4H3,(H2,19,20,21,23,25). The molecule has 140 valence electrons. The molecule has 0 aliphatic carbocycles. The summed E-state index contributed by atoms with van der Waals surface area (Å²) < 4.78 is 6.06. The van der Waals surface area contributed by atoms with E-state index in [0.717, 1.165) is 23.1 Å². The van der Waals surface area contributed by atoms with Gasteiger partial charge in [0.1, 0.15) is 0 Å². The topological polar surface area (TPSA) is 80.3 Å². The van der Waals surface area contributed by atoms with Crippen LogP contribution >= 0.6 is 23.6 Å². The van der Waals surface area contributed by atoms with Crippen LogP contribution in [0, 0.1) is 5.41 Å². The van der Waals surface area contributed by atoms with Crippen LogP contribution in [0.2, 0.25) is 0 Å². The zero-order chi connectivity index (χ0) is 19.3. The van der Waals surface area contributed by atoms with Crippen molar-refractivity contribution >= 4 is 55.9 Å². The summed E-state index contributed by atoms with van der Waals surface area (Å²) in [7, 11) is 0. The lowest BCUT2D eigenvalue weighted by molar-refractivity contribution is -0.126. The number of anilines is 1. The van der Waals surface area contributed by atoms with E-state index in [2.05, 4.69) is 15.6 Å². The molecule has 0 unspecified atom stereocenters. The summed E-state index contributed by atoms with van der Waals surface area (Å²) in [4.78, 5) is 28.4. The number of nitrogens with one attached hydrogen (secondary N) is 2. The predicted octanol–water partition coefficient (Wildman–Crippen LogP) is 4.11. The summed E-state index contributed by atoms with van der Waals surface area (Å²) in [6.45, 7) is 7.89. The first-order chi connectivity index (χ1) is 12.2. The van der Waals surface area contributed by atoms with Crippen LogP contribution in [0.3, 0.4) is 0 Å². The molecule has 26 heavy (non-hydrogen) atoms. The molecule has 8 heteroatoms. The van der Waals surface area contributed by atoms with E-state index in [-0.39, 0.29) is 17.0 Å². The SMILES string of the molecule is CCCCOC(=O)c1ccc2nc(NC(=S)NC(=O)C(C)(C)C)sc2c1. The first-order valence-electron chi connectivity index (χ1n) is 8.41. The normalized spacial score (nSPS) is 11.2. The highest BCUT2D eigenvalue weighted by molar-refractivity contribution is 7.80. The number of benzene rings is 1. The Balaban J connectivity index is 2.06. The number of fused-ring (bicyclic) bond motifs is 1. The second-order valence-electron chi connectivity index (χ2n) is 6.85. The van der Waals surface area contributed by atoms with Gasteiger partial charge in [-0.3, -0.25) is 4.79 Å². The van der Waals surface area contributed by atoms with E-state index in [4.69, 9.17) is 17.0 Å². The summed E-state index contributed by atoms with van der Waals surface area (Å²) in [5.74, 6) is -0.510. The van der Waals surface area contributed by atoms with Crippen molar-refractivity contribution in [2.45, 2.75) is 40.5 Å². The first-order valence-corrected chi connectivity index (χ1v) is 9.63. The maximum absolute atomic E-state index is 12.0. The Hall–Kier alpha value is -2.06. The molecule has 0 saturated carbocycles. The molecule has 0 fully saturated rings. The van der Waals surface area contributed by atoms with Crippen LogP contribution in [-0.4, -0.2) is 28.6 Å². The maximum atomic E-state index is 12.0. The fourth-order valence-electron chi connectivity index (χ4n) is 1.92. The average molecular weight is 394 g/mol. The smallest absolute Gasteiger partial charge is 0.338 e. The quantitative estimate of drug-likeness (QED) is 0.452. The van der Waals surface area contributed by atoms with Crippen molar-refractivity contribution in [3.05, 3.63) is 23.8 Å².